The number of benzene rings is 1. The van der Waals surface area contributed by atoms with Crippen LogP contribution in [0, 0.1) is 11.7 Å². The molecule has 0 saturated carbocycles. The Bertz CT molecular complexity index is 491. The Labute approximate surface area is 127 Å². The lowest BCUT2D eigenvalue weighted by molar-refractivity contribution is -0.137. The molecule has 1 aromatic carbocycles. The van der Waals surface area contributed by atoms with E-state index in [1.807, 2.05) is 6.92 Å². The second-order valence-electron chi connectivity index (χ2n) is 4.80. The van der Waals surface area contributed by atoms with Crippen LogP contribution in [0.4, 0.5) is 14.9 Å². The summed E-state index contributed by atoms with van der Waals surface area (Å²) >= 11 is 5.79. The van der Waals surface area contributed by atoms with Gasteiger partial charge in [-0.1, -0.05) is 24.6 Å². The van der Waals surface area contributed by atoms with Gasteiger partial charge in [0.15, 0.2) is 0 Å². The van der Waals surface area contributed by atoms with E-state index in [0.29, 0.717) is 19.4 Å². The lowest BCUT2D eigenvalue weighted by Gasteiger charge is -2.12. The quantitative estimate of drug-likeness (QED) is 0.720. The van der Waals surface area contributed by atoms with Gasteiger partial charge in [0.2, 0.25) is 0 Å². The molecule has 1 atom stereocenters. The number of hydrogen-bond donors (Lipinski definition) is 3. The summed E-state index contributed by atoms with van der Waals surface area (Å²) in [6, 6.07) is 3.58. The second kappa shape index (κ2) is 8.46. The summed E-state index contributed by atoms with van der Waals surface area (Å²) in [6.07, 6.45) is 1.31. The highest BCUT2D eigenvalue weighted by Gasteiger charge is 2.11. The highest BCUT2D eigenvalue weighted by molar-refractivity contribution is 6.33. The van der Waals surface area contributed by atoms with Gasteiger partial charge in [-0.05, 0) is 30.9 Å². The number of anilines is 1. The fourth-order valence-corrected chi connectivity index (χ4v) is 1.93. The van der Waals surface area contributed by atoms with E-state index in [0.717, 1.165) is 0 Å². The zero-order valence-corrected chi connectivity index (χ0v) is 12.4. The number of rotatable bonds is 7. The molecular weight excluding hydrogens is 299 g/mol. The zero-order valence-electron chi connectivity index (χ0n) is 11.7. The van der Waals surface area contributed by atoms with Crippen LogP contribution in [-0.4, -0.2) is 23.7 Å². The fourth-order valence-electron chi connectivity index (χ4n) is 1.72. The maximum Gasteiger partial charge on any atom is 0.319 e. The van der Waals surface area contributed by atoms with Crippen molar-refractivity contribution in [3.63, 3.8) is 0 Å². The van der Waals surface area contributed by atoms with Gasteiger partial charge >= 0.3 is 12.0 Å². The van der Waals surface area contributed by atoms with Crippen molar-refractivity contribution < 1.29 is 19.1 Å². The molecule has 0 spiro atoms. The van der Waals surface area contributed by atoms with Crippen LogP contribution in [0.2, 0.25) is 5.02 Å². The second-order valence-corrected chi connectivity index (χ2v) is 5.21. The maximum absolute atomic E-state index is 13.5. The van der Waals surface area contributed by atoms with Crippen LogP contribution >= 0.6 is 11.6 Å². The fraction of sp³-hybridized carbons (Fsp3) is 0.429. The molecule has 0 aromatic heterocycles. The largest absolute Gasteiger partial charge is 0.481 e. The number of aliphatic carboxylic acids is 1. The van der Waals surface area contributed by atoms with Crippen LogP contribution in [0.15, 0.2) is 18.2 Å². The Balaban J connectivity index is 2.33. The molecule has 1 unspecified atom stereocenters. The maximum atomic E-state index is 13.5. The van der Waals surface area contributed by atoms with Crippen molar-refractivity contribution in [2.45, 2.75) is 26.2 Å². The van der Waals surface area contributed by atoms with Crippen LogP contribution in [-0.2, 0) is 4.79 Å². The average Bonchev–Trinajstić information content (AvgIpc) is 2.41. The van der Waals surface area contributed by atoms with Gasteiger partial charge in [0.05, 0.1) is 10.7 Å². The van der Waals surface area contributed by atoms with Gasteiger partial charge in [-0.3, -0.25) is 4.79 Å². The number of urea groups is 1. The van der Waals surface area contributed by atoms with E-state index in [1.165, 1.54) is 18.2 Å². The van der Waals surface area contributed by atoms with Crippen molar-refractivity contribution in [3.8, 4) is 0 Å². The van der Waals surface area contributed by atoms with Gasteiger partial charge in [-0.15, -0.1) is 0 Å². The number of halogens is 2. The van der Waals surface area contributed by atoms with E-state index >= 15 is 0 Å². The number of nitrogens with one attached hydrogen (secondary N) is 2. The van der Waals surface area contributed by atoms with E-state index in [9.17, 15) is 14.0 Å². The summed E-state index contributed by atoms with van der Waals surface area (Å²) in [5, 5.41) is 13.6. The molecule has 2 amide bonds. The zero-order chi connectivity index (χ0) is 15.8. The van der Waals surface area contributed by atoms with Crippen molar-refractivity contribution in [1.82, 2.24) is 5.32 Å². The standard InChI is InChI=1S/C14H18ClFN2O3/c1-9(5-6-12(19)20)7-8-17-14(21)18-13-10(15)3-2-4-11(13)16/h2-4,9H,5-8H2,1H3,(H,19,20)(H2,17,18,21). The average molecular weight is 317 g/mol. The van der Waals surface area contributed by atoms with Gasteiger partial charge in [-0.2, -0.15) is 0 Å². The third kappa shape index (κ3) is 6.44. The van der Waals surface area contributed by atoms with Crippen LogP contribution in [0.3, 0.4) is 0 Å². The van der Waals surface area contributed by atoms with Crippen molar-refractivity contribution >= 4 is 29.3 Å². The summed E-state index contributed by atoms with van der Waals surface area (Å²) in [6.45, 7) is 2.29. The Kier molecular flexibility index (Phi) is 6.94. The summed E-state index contributed by atoms with van der Waals surface area (Å²) < 4.78 is 13.5. The predicted octanol–water partition coefficient (Wildman–Crippen LogP) is 3.49. The van der Waals surface area contributed by atoms with E-state index in [-0.39, 0.29) is 23.0 Å². The van der Waals surface area contributed by atoms with Crippen molar-refractivity contribution in [2.24, 2.45) is 5.92 Å². The number of para-hydroxylation sites is 1. The number of carbonyl (C=O) groups is 2. The molecule has 0 saturated heterocycles. The first kappa shape index (κ1) is 17.2. The van der Waals surface area contributed by atoms with Crippen molar-refractivity contribution in [2.75, 3.05) is 11.9 Å². The van der Waals surface area contributed by atoms with Crippen molar-refractivity contribution in [1.29, 1.82) is 0 Å². The molecule has 0 aliphatic carbocycles. The number of amides is 2. The third-order valence-corrected chi connectivity index (χ3v) is 3.29. The van der Waals surface area contributed by atoms with Crippen LogP contribution in [0.5, 0.6) is 0 Å². The van der Waals surface area contributed by atoms with Gasteiger partial charge < -0.3 is 15.7 Å². The Morgan fingerprint density at radius 1 is 1.38 bits per heavy atom. The van der Waals surface area contributed by atoms with E-state index in [4.69, 9.17) is 16.7 Å². The topological polar surface area (TPSA) is 78.4 Å². The Morgan fingerprint density at radius 3 is 2.71 bits per heavy atom. The highest BCUT2D eigenvalue weighted by Crippen LogP contribution is 2.24. The summed E-state index contributed by atoms with van der Waals surface area (Å²) in [7, 11) is 0. The molecule has 0 radical (unpaired) electrons. The van der Waals surface area contributed by atoms with Crippen molar-refractivity contribution in [3.05, 3.63) is 29.0 Å². The molecule has 7 heteroatoms. The number of hydrogen-bond acceptors (Lipinski definition) is 2. The summed E-state index contributed by atoms with van der Waals surface area (Å²) in [5.74, 6) is -1.26. The lowest BCUT2D eigenvalue weighted by atomic mass is 10.0. The number of carboxylic acid groups (broad SMARTS) is 1. The first-order chi connectivity index (χ1) is 9.90. The summed E-state index contributed by atoms with van der Waals surface area (Å²) in [5.41, 5.74) is -0.0596. The van der Waals surface area contributed by atoms with E-state index in [2.05, 4.69) is 10.6 Å². The predicted molar refractivity (Wildman–Crippen MR) is 79.1 cm³/mol. The minimum atomic E-state index is -0.832. The molecule has 3 N–H and O–H groups in total. The van der Waals surface area contributed by atoms with Gasteiger partial charge in [0, 0.05) is 13.0 Å². The lowest BCUT2D eigenvalue weighted by Crippen LogP contribution is -2.30. The minimum Gasteiger partial charge on any atom is -0.481 e. The molecule has 0 aliphatic heterocycles. The number of carbonyl (C=O) groups excluding carboxylic acids is 1. The minimum absolute atomic E-state index is 0.0596. The molecule has 1 aromatic rings. The normalized spacial score (nSPS) is 11.8. The molecule has 1 rings (SSSR count). The van der Waals surface area contributed by atoms with Crippen LogP contribution in [0.1, 0.15) is 26.2 Å². The first-order valence-electron chi connectivity index (χ1n) is 6.60. The Morgan fingerprint density at radius 2 is 2.10 bits per heavy atom. The smallest absolute Gasteiger partial charge is 0.319 e. The van der Waals surface area contributed by atoms with Crippen LogP contribution in [0.25, 0.3) is 0 Å². The molecule has 116 valence electrons. The SMILES string of the molecule is CC(CCNC(=O)Nc1c(F)cccc1Cl)CCC(=O)O. The Hall–Kier alpha value is -1.82. The van der Waals surface area contributed by atoms with E-state index < -0.39 is 17.8 Å². The van der Waals surface area contributed by atoms with Crippen LogP contribution < -0.4 is 10.6 Å². The monoisotopic (exact) mass is 316 g/mol. The van der Waals surface area contributed by atoms with Gasteiger partial charge in [0.25, 0.3) is 0 Å². The summed E-state index contributed by atoms with van der Waals surface area (Å²) in [4.78, 5) is 22.0. The third-order valence-electron chi connectivity index (χ3n) is 2.97. The van der Waals surface area contributed by atoms with E-state index in [1.54, 1.807) is 0 Å². The molecule has 0 bridgehead atoms. The molecular formula is C14H18ClFN2O3. The number of carboxylic acids is 1. The van der Waals surface area contributed by atoms with Gasteiger partial charge in [-0.25, -0.2) is 9.18 Å². The molecule has 21 heavy (non-hydrogen) atoms. The van der Waals surface area contributed by atoms with Gasteiger partial charge in [0.1, 0.15) is 5.82 Å². The highest BCUT2D eigenvalue weighted by atomic mass is 35.5. The first-order valence-corrected chi connectivity index (χ1v) is 6.98. The molecule has 0 fully saturated rings. The molecule has 0 heterocycles. The molecule has 5 nitrogen and oxygen atoms in total. The molecule has 0 aliphatic rings.